The van der Waals surface area contributed by atoms with Crippen LogP contribution >= 0.6 is 11.6 Å². The molecule has 4 rings (SSSR count). The first-order chi connectivity index (χ1) is 12.2. The summed E-state index contributed by atoms with van der Waals surface area (Å²) in [6.07, 6.45) is 9.21. The second kappa shape index (κ2) is 6.94. The monoisotopic (exact) mass is 363 g/mol. The Bertz CT molecular complexity index is 676. The highest BCUT2D eigenvalue weighted by molar-refractivity contribution is 6.32. The van der Waals surface area contributed by atoms with Crippen LogP contribution < -0.4 is 10.4 Å². The predicted octanol–water partition coefficient (Wildman–Crippen LogP) is 3.28. The minimum atomic E-state index is -0.464. The third-order valence-corrected chi connectivity index (χ3v) is 5.02. The minimum absolute atomic E-state index is 0.129. The number of carbonyl (C=O) groups is 1. The number of rotatable bonds is 7. The number of hydrazine groups is 1. The van der Waals surface area contributed by atoms with Gasteiger partial charge in [-0.15, -0.1) is 0 Å². The Balaban J connectivity index is 1.39. The van der Waals surface area contributed by atoms with Crippen molar-refractivity contribution in [1.29, 1.82) is 0 Å². The van der Waals surface area contributed by atoms with Crippen LogP contribution in [-0.2, 0) is 9.47 Å². The maximum atomic E-state index is 11.8. The number of carbonyl (C=O) groups excluding carboxylic acids is 1. The first kappa shape index (κ1) is 16.8. The van der Waals surface area contributed by atoms with Gasteiger partial charge in [-0.1, -0.05) is 11.6 Å². The Morgan fingerprint density at radius 3 is 2.68 bits per heavy atom. The van der Waals surface area contributed by atoms with Crippen LogP contribution in [0.15, 0.2) is 24.4 Å². The highest BCUT2D eigenvalue weighted by Gasteiger charge is 2.43. The van der Waals surface area contributed by atoms with Crippen LogP contribution in [0.4, 0.5) is 5.82 Å². The van der Waals surface area contributed by atoms with Gasteiger partial charge < -0.3 is 9.47 Å². The Kier molecular flexibility index (Phi) is 4.67. The summed E-state index contributed by atoms with van der Waals surface area (Å²) in [6, 6.07) is 3.36. The quantitative estimate of drug-likeness (QED) is 0.592. The van der Waals surface area contributed by atoms with E-state index in [-0.39, 0.29) is 16.9 Å². The van der Waals surface area contributed by atoms with Crippen molar-refractivity contribution < 1.29 is 14.3 Å². The molecule has 2 fully saturated rings. The Labute approximate surface area is 152 Å². The Hall–Kier alpha value is -1.63. The summed E-state index contributed by atoms with van der Waals surface area (Å²) < 4.78 is 11.2. The molecule has 2 aliphatic carbocycles. The van der Waals surface area contributed by atoms with Crippen molar-refractivity contribution in [1.82, 2.24) is 10.4 Å². The molecule has 1 aromatic rings. The molecular weight excluding hydrogens is 342 g/mol. The lowest BCUT2D eigenvalue weighted by Gasteiger charge is -2.24. The summed E-state index contributed by atoms with van der Waals surface area (Å²) in [6.45, 7) is 2.05. The average Bonchev–Trinajstić information content (AvgIpc) is 3.52. The molecule has 0 amide bonds. The molecule has 0 aromatic carbocycles. The fraction of sp³-hybridized carbons (Fsp3) is 0.556. The molecule has 3 aliphatic rings. The van der Waals surface area contributed by atoms with E-state index in [1.54, 1.807) is 24.1 Å². The van der Waals surface area contributed by atoms with Crippen LogP contribution in [0.3, 0.4) is 0 Å². The largest absolute Gasteiger partial charge is 0.462 e. The molecule has 25 heavy (non-hydrogen) atoms. The van der Waals surface area contributed by atoms with E-state index < -0.39 is 5.97 Å². The van der Waals surface area contributed by atoms with Gasteiger partial charge >= 0.3 is 5.97 Å². The van der Waals surface area contributed by atoms with E-state index in [0.717, 1.165) is 11.8 Å². The molecule has 1 N–H and O–H groups in total. The number of halogens is 1. The van der Waals surface area contributed by atoms with Crippen LogP contribution in [0.25, 0.3) is 0 Å². The van der Waals surface area contributed by atoms with E-state index in [1.165, 1.54) is 25.7 Å². The van der Waals surface area contributed by atoms with Crippen molar-refractivity contribution >= 4 is 23.4 Å². The van der Waals surface area contributed by atoms with E-state index in [1.807, 2.05) is 12.3 Å². The third-order valence-electron chi connectivity index (χ3n) is 4.73. The van der Waals surface area contributed by atoms with Crippen LogP contribution in [0.5, 0.6) is 0 Å². The van der Waals surface area contributed by atoms with Gasteiger partial charge in [-0.2, -0.15) is 5.43 Å². The van der Waals surface area contributed by atoms with E-state index in [0.29, 0.717) is 18.5 Å². The molecule has 1 unspecified atom stereocenters. The molecule has 2 heterocycles. The highest BCUT2D eigenvalue weighted by Crippen LogP contribution is 2.46. The molecule has 134 valence electrons. The zero-order valence-corrected chi connectivity index (χ0v) is 14.9. The molecule has 1 aromatic heterocycles. The molecule has 0 radical (unpaired) electrons. The first-order valence-corrected chi connectivity index (χ1v) is 9.26. The fourth-order valence-corrected chi connectivity index (χ4v) is 3.38. The van der Waals surface area contributed by atoms with E-state index in [9.17, 15) is 4.79 Å². The topological polar surface area (TPSA) is 63.7 Å². The summed E-state index contributed by atoms with van der Waals surface area (Å²) in [7, 11) is 0. The number of nitrogens with zero attached hydrogens (tertiary/aromatic N) is 2. The molecular formula is C18H22ClN3O3. The maximum Gasteiger partial charge on any atom is 0.341 e. The van der Waals surface area contributed by atoms with Crippen LogP contribution in [0.2, 0.25) is 5.15 Å². The second-order valence-corrected chi connectivity index (χ2v) is 7.12. The molecule has 0 spiro atoms. The van der Waals surface area contributed by atoms with Crippen LogP contribution in [-0.4, -0.2) is 29.9 Å². The third kappa shape index (κ3) is 3.81. The number of anilines is 1. The smallest absolute Gasteiger partial charge is 0.341 e. The number of hydrogen-bond donors (Lipinski definition) is 1. The summed E-state index contributed by atoms with van der Waals surface area (Å²) in [5.74, 6) is 1.60. The Morgan fingerprint density at radius 2 is 2.08 bits per heavy atom. The molecule has 0 saturated heterocycles. The predicted molar refractivity (Wildman–Crippen MR) is 94.1 cm³/mol. The SMILES string of the molecule is CCOC(=O)c1ccc(N2C=CC(OC(C3CC3)C3CC3)N2)nc1Cl. The van der Waals surface area contributed by atoms with Gasteiger partial charge in [-0.3, -0.25) is 5.01 Å². The number of hydrogen-bond acceptors (Lipinski definition) is 6. The zero-order valence-electron chi connectivity index (χ0n) is 14.2. The fourth-order valence-electron chi connectivity index (χ4n) is 3.15. The van der Waals surface area contributed by atoms with Gasteiger partial charge in [0.05, 0.1) is 18.3 Å². The zero-order chi connectivity index (χ0) is 17.4. The second-order valence-electron chi connectivity index (χ2n) is 6.77. The minimum Gasteiger partial charge on any atom is -0.462 e. The van der Waals surface area contributed by atoms with E-state index >= 15 is 0 Å². The van der Waals surface area contributed by atoms with Crippen molar-refractivity contribution in [2.75, 3.05) is 11.6 Å². The van der Waals surface area contributed by atoms with Crippen molar-refractivity contribution in [2.24, 2.45) is 11.8 Å². The maximum absolute atomic E-state index is 11.8. The number of nitrogens with one attached hydrogen (secondary N) is 1. The standard InChI is InChI=1S/C18H22ClN3O3/c1-2-24-18(23)13-7-8-14(20-17(13)19)22-10-9-15(21-22)25-16(11-3-4-11)12-5-6-12/h7-12,15-16,21H,2-6H2,1H3. The van der Waals surface area contributed by atoms with Crippen LogP contribution in [0, 0.1) is 11.8 Å². The number of pyridine rings is 1. The van der Waals surface area contributed by atoms with Gasteiger partial charge in [0.25, 0.3) is 0 Å². The Morgan fingerprint density at radius 1 is 1.36 bits per heavy atom. The van der Waals surface area contributed by atoms with Gasteiger partial charge in [0.1, 0.15) is 17.2 Å². The lowest BCUT2D eigenvalue weighted by atomic mass is 10.1. The lowest BCUT2D eigenvalue weighted by Crippen LogP contribution is -2.40. The number of ether oxygens (including phenoxy) is 2. The molecule has 1 aliphatic heterocycles. The number of esters is 1. The van der Waals surface area contributed by atoms with E-state index in [4.69, 9.17) is 21.1 Å². The lowest BCUT2D eigenvalue weighted by molar-refractivity contribution is -0.0238. The normalized spacial score (nSPS) is 22.7. The van der Waals surface area contributed by atoms with Gasteiger partial charge in [-0.05, 0) is 62.7 Å². The molecule has 2 saturated carbocycles. The molecule has 6 nitrogen and oxygen atoms in total. The molecule has 7 heteroatoms. The van der Waals surface area contributed by atoms with Crippen molar-refractivity contribution in [2.45, 2.75) is 44.9 Å². The van der Waals surface area contributed by atoms with Gasteiger partial charge in [0, 0.05) is 6.20 Å². The van der Waals surface area contributed by atoms with Crippen molar-refractivity contribution in [3.8, 4) is 0 Å². The van der Waals surface area contributed by atoms with Crippen molar-refractivity contribution in [3.63, 3.8) is 0 Å². The van der Waals surface area contributed by atoms with Crippen molar-refractivity contribution in [3.05, 3.63) is 35.1 Å². The van der Waals surface area contributed by atoms with Gasteiger partial charge in [0.2, 0.25) is 0 Å². The van der Waals surface area contributed by atoms with Crippen LogP contribution in [0.1, 0.15) is 43.0 Å². The highest BCUT2D eigenvalue weighted by atomic mass is 35.5. The summed E-state index contributed by atoms with van der Waals surface area (Å²) >= 11 is 6.14. The van der Waals surface area contributed by atoms with E-state index in [2.05, 4.69) is 10.4 Å². The molecule has 1 atom stereocenters. The first-order valence-electron chi connectivity index (χ1n) is 8.88. The van der Waals surface area contributed by atoms with Gasteiger partial charge in [0.15, 0.2) is 0 Å². The average molecular weight is 364 g/mol. The van der Waals surface area contributed by atoms with Gasteiger partial charge in [-0.25, -0.2) is 9.78 Å². The number of aromatic nitrogens is 1. The molecule has 0 bridgehead atoms. The summed E-state index contributed by atoms with van der Waals surface area (Å²) in [5, 5.41) is 1.90. The summed E-state index contributed by atoms with van der Waals surface area (Å²) in [4.78, 5) is 16.1. The summed E-state index contributed by atoms with van der Waals surface area (Å²) in [5.41, 5.74) is 3.54.